The summed E-state index contributed by atoms with van der Waals surface area (Å²) in [4.78, 5) is 47.9. The lowest BCUT2D eigenvalue weighted by atomic mass is 10.2. The van der Waals surface area contributed by atoms with Crippen molar-refractivity contribution < 1.29 is 28.9 Å². The number of hydrazone groups is 2. The summed E-state index contributed by atoms with van der Waals surface area (Å²) in [6.07, 6.45) is 12.6. The Kier molecular flexibility index (Phi) is 16.3. The van der Waals surface area contributed by atoms with Gasteiger partial charge in [-0.1, -0.05) is 65.2 Å². The minimum Gasteiger partial charge on any atom is -0.488 e. The number of thiophene rings is 1. The van der Waals surface area contributed by atoms with Crippen LogP contribution in [-0.4, -0.2) is 47.3 Å². The molecule has 0 radical (unpaired) electrons. The van der Waals surface area contributed by atoms with Gasteiger partial charge in [0.05, 0.1) is 35.5 Å². The number of nitrogens with zero attached hydrogens (tertiary/aromatic N) is 4. The second-order valence-electron chi connectivity index (χ2n) is 11.0. The highest BCUT2D eigenvalue weighted by molar-refractivity contribution is 7.16. The molecule has 0 bridgehead atoms. The summed E-state index contributed by atoms with van der Waals surface area (Å²) >= 11 is 0.877. The van der Waals surface area contributed by atoms with E-state index in [9.17, 15) is 29.8 Å². The second-order valence-corrected chi connectivity index (χ2v) is 12.1. The van der Waals surface area contributed by atoms with Crippen molar-refractivity contribution in [3.63, 3.8) is 0 Å². The molecule has 1 heterocycles. The van der Waals surface area contributed by atoms with E-state index in [2.05, 4.69) is 34.9 Å². The van der Waals surface area contributed by atoms with Gasteiger partial charge in [0.25, 0.3) is 23.2 Å². The van der Waals surface area contributed by atoms with E-state index >= 15 is 0 Å². The van der Waals surface area contributed by atoms with Gasteiger partial charge in [-0.2, -0.15) is 10.2 Å². The molecule has 0 aliphatic heterocycles. The molecule has 0 unspecified atom stereocenters. The molecule has 0 aliphatic carbocycles. The highest BCUT2D eigenvalue weighted by Crippen LogP contribution is 2.43. The molecule has 49 heavy (non-hydrogen) atoms. The van der Waals surface area contributed by atoms with Crippen molar-refractivity contribution in [3.05, 3.63) is 89.6 Å². The summed E-state index contributed by atoms with van der Waals surface area (Å²) < 4.78 is 12.3. The summed E-state index contributed by atoms with van der Waals surface area (Å²) in [6, 6.07) is 11.3. The third kappa shape index (κ3) is 12.7. The number of unbranched alkanes of at least 4 members (excludes halogenated alkanes) is 8. The number of non-ortho nitro benzene ring substituents is 2. The molecule has 0 fully saturated rings. The Morgan fingerprint density at radius 1 is 0.653 bits per heavy atom. The Morgan fingerprint density at radius 2 is 1.02 bits per heavy atom. The number of carbonyl (C=O) groups is 2. The molecule has 15 heteroatoms. The first-order valence-electron chi connectivity index (χ1n) is 16.3. The van der Waals surface area contributed by atoms with Gasteiger partial charge in [0.1, 0.15) is 9.75 Å². The van der Waals surface area contributed by atoms with E-state index in [0.717, 1.165) is 75.5 Å². The first-order chi connectivity index (χ1) is 23.7. The quantitative estimate of drug-likeness (QED) is 0.0461. The molecular formula is C34H42N6O8S. The number of rotatable bonds is 22. The molecule has 2 amide bonds. The maximum absolute atomic E-state index is 13.4. The molecule has 2 N–H and O–H groups in total. The highest BCUT2D eigenvalue weighted by atomic mass is 32.1. The fourth-order valence-corrected chi connectivity index (χ4v) is 5.49. The van der Waals surface area contributed by atoms with Crippen LogP contribution in [0.25, 0.3) is 0 Å². The number of nitro groups is 2. The molecule has 0 spiro atoms. The molecule has 14 nitrogen and oxygen atoms in total. The van der Waals surface area contributed by atoms with Crippen molar-refractivity contribution in [2.24, 2.45) is 10.2 Å². The maximum Gasteiger partial charge on any atom is 0.285 e. The summed E-state index contributed by atoms with van der Waals surface area (Å²) in [6.45, 7) is 4.87. The van der Waals surface area contributed by atoms with Gasteiger partial charge in [-0.3, -0.25) is 29.8 Å². The first-order valence-corrected chi connectivity index (χ1v) is 17.1. The van der Waals surface area contributed by atoms with Crippen molar-refractivity contribution in [2.45, 2.75) is 78.1 Å². The second kappa shape index (κ2) is 20.9. The number of hydrogen-bond donors (Lipinski definition) is 2. The molecule has 0 saturated carbocycles. The van der Waals surface area contributed by atoms with Crippen LogP contribution in [0.2, 0.25) is 0 Å². The van der Waals surface area contributed by atoms with Gasteiger partial charge in [-0.05, 0) is 48.2 Å². The third-order valence-electron chi connectivity index (χ3n) is 7.19. The molecule has 3 rings (SSSR count). The summed E-state index contributed by atoms with van der Waals surface area (Å²) in [5.41, 5.74) is 5.81. The fourth-order valence-electron chi connectivity index (χ4n) is 4.52. The largest absolute Gasteiger partial charge is 0.488 e. The van der Waals surface area contributed by atoms with Gasteiger partial charge in [-0.25, -0.2) is 10.9 Å². The average molecular weight is 695 g/mol. The van der Waals surface area contributed by atoms with Crippen LogP contribution in [0.1, 0.15) is 109 Å². The van der Waals surface area contributed by atoms with Gasteiger partial charge in [0.2, 0.25) is 0 Å². The zero-order valence-corrected chi connectivity index (χ0v) is 28.5. The van der Waals surface area contributed by atoms with Crippen LogP contribution in [0.4, 0.5) is 11.4 Å². The van der Waals surface area contributed by atoms with Crippen LogP contribution in [0.15, 0.2) is 58.7 Å². The zero-order chi connectivity index (χ0) is 35.4. The molecule has 2 aromatic carbocycles. The molecule has 0 aliphatic rings. The molecule has 3 aromatic rings. The SMILES string of the molecule is CCCCCCCOc1c(C(=O)N/N=C\c2ccc([N+](=O)[O-])cc2)sc(C(=O)N/N=C\c2ccc([N+](=O)[O-])cc2)c1OCCCCCCC. The Labute approximate surface area is 288 Å². The van der Waals surface area contributed by atoms with E-state index in [-0.39, 0.29) is 32.6 Å². The van der Waals surface area contributed by atoms with Gasteiger partial charge >= 0.3 is 0 Å². The van der Waals surface area contributed by atoms with Crippen LogP contribution >= 0.6 is 11.3 Å². The Morgan fingerprint density at radius 3 is 1.37 bits per heavy atom. The minimum absolute atomic E-state index is 0.0722. The van der Waals surface area contributed by atoms with Gasteiger partial charge < -0.3 is 9.47 Å². The van der Waals surface area contributed by atoms with E-state index in [0.29, 0.717) is 24.3 Å². The normalized spacial score (nSPS) is 11.1. The molecule has 0 saturated heterocycles. The van der Waals surface area contributed by atoms with Crippen molar-refractivity contribution in [3.8, 4) is 11.5 Å². The van der Waals surface area contributed by atoms with E-state index in [4.69, 9.17) is 9.47 Å². The zero-order valence-electron chi connectivity index (χ0n) is 27.7. The number of carbonyl (C=O) groups excluding carboxylic acids is 2. The maximum atomic E-state index is 13.4. The van der Waals surface area contributed by atoms with Crippen molar-refractivity contribution in [1.82, 2.24) is 10.9 Å². The smallest absolute Gasteiger partial charge is 0.285 e. The lowest BCUT2D eigenvalue weighted by Crippen LogP contribution is -2.17. The molecule has 0 atom stereocenters. The summed E-state index contributed by atoms with van der Waals surface area (Å²) in [7, 11) is 0. The number of nitro benzene ring substituents is 2. The Bertz CT molecular complexity index is 1470. The summed E-state index contributed by atoms with van der Waals surface area (Å²) in [5, 5.41) is 29.9. The van der Waals surface area contributed by atoms with Crippen LogP contribution in [0.5, 0.6) is 11.5 Å². The Balaban J connectivity index is 1.86. The summed E-state index contributed by atoms with van der Waals surface area (Å²) in [5.74, 6) is -0.987. The molecule has 1 aromatic heterocycles. The fraction of sp³-hybridized carbons (Fsp3) is 0.412. The number of amides is 2. The Hall–Kier alpha value is -5.18. The van der Waals surface area contributed by atoms with Crippen LogP contribution in [-0.2, 0) is 0 Å². The average Bonchev–Trinajstić information content (AvgIpc) is 3.46. The van der Waals surface area contributed by atoms with Crippen molar-refractivity contribution in [2.75, 3.05) is 13.2 Å². The van der Waals surface area contributed by atoms with Gasteiger partial charge in [0, 0.05) is 24.3 Å². The van der Waals surface area contributed by atoms with Crippen molar-refractivity contribution in [1.29, 1.82) is 0 Å². The van der Waals surface area contributed by atoms with Crippen molar-refractivity contribution >= 4 is 47.0 Å². The van der Waals surface area contributed by atoms with Crippen LogP contribution < -0.4 is 20.3 Å². The standard InChI is InChI=1S/C34H42N6O8S/c1-3-5-7-9-11-21-47-29-30(48-22-12-10-8-6-4-2)32(34(42)38-36-24-26-15-19-28(20-16-26)40(45)46)49-31(29)33(41)37-35-23-25-13-17-27(18-14-25)39(43)44/h13-20,23-24H,3-12,21-22H2,1-2H3,(H,37,41)(H,38,42)/b35-23-,36-24-. The monoisotopic (exact) mass is 694 g/mol. The number of ether oxygens (including phenoxy) is 2. The van der Waals surface area contributed by atoms with E-state index in [1.54, 1.807) is 0 Å². The van der Waals surface area contributed by atoms with Crippen LogP contribution in [0, 0.1) is 20.2 Å². The highest BCUT2D eigenvalue weighted by Gasteiger charge is 2.29. The third-order valence-corrected chi connectivity index (χ3v) is 8.34. The minimum atomic E-state index is -0.634. The predicted molar refractivity (Wildman–Crippen MR) is 189 cm³/mol. The number of hydrogen-bond acceptors (Lipinski definition) is 11. The van der Waals surface area contributed by atoms with Gasteiger partial charge in [-0.15, -0.1) is 11.3 Å². The van der Waals surface area contributed by atoms with E-state index < -0.39 is 21.7 Å². The number of benzene rings is 2. The number of nitrogens with one attached hydrogen (secondary N) is 2. The first kappa shape index (κ1) is 38.3. The predicted octanol–water partition coefficient (Wildman–Crippen LogP) is 7.79. The van der Waals surface area contributed by atoms with Gasteiger partial charge in [0.15, 0.2) is 11.5 Å². The lowest BCUT2D eigenvalue weighted by molar-refractivity contribution is -0.385. The molecule has 262 valence electrons. The van der Waals surface area contributed by atoms with E-state index in [1.807, 2.05) is 0 Å². The lowest BCUT2D eigenvalue weighted by Gasteiger charge is -2.12. The topological polar surface area (TPSA) is 188 Å². The van der Waals surface area contributed by atoms with E-state index in [1.165, 1.54) is 61.0 Å². The van der Waals surface area contributed by atoms with Crippen LogP contribution in [0.3, 0.4) is 0 Å². The molecular weight excluding hydrogens is 652 g/mol.